The lowest BCUT2D eigenvalue weighted by Gasteiger charge is -2.21. The number of fused-ring (bicyclic) bond motifs is 1. The van der Waals surface area contributed by atoms with E-state index in [4.69, 9.17) is 10.7 Å². The minimum Gasteiger partial charge on any atom is -0.389 e. The van der Waals surface area contributed by atoms with Gasteiger partial charge in [0.15, 0.2) is 5.82 Å². The first-order valence-corrected chi connectivity index (χ1v) is 8.48. The molecule has 2 aromatic heterocycles. The van der Waals surface area contributed by atoms with Crippen molar-refractivity contribution < 1.29 is 5.11 Å². The Morgan fingerprint density at radius 1 is 1.33 bits per heavy atom. The molecule has 0 spiro atoms. The molecule has 0 amide bonds. The van der Waals surface area contributed by atoms with Gasteiger partial charge in [-0.2, -0.15) is 0 Å². The van der Waals surface area contributed by atoms with Crippen LogP contribution in [0.4, 0.5) is 5.82 Å². The van der Waals surface area contributed by atoms with Gasteiger partial charge in [-0.3, -0.25) is 0 Å². The number of allylic oxidation sites excluding steroid dienone is 1. The number of imidazole rings is 1. The number of pyridine rings is 1. The fourth-order valence-electron chi connectivity index (χ4n) is 2.88. The summed E-state index contributed by atoms with van der Waals surface area (Å²) in [4.78, 5) is 9.19. The van der Waals surface area contributed by atoms with Crippen LogP contribution in [0.3, 0.4) is 0 Å². The van der Waals surface area contributed by atoms with Gasteiger partial charge in [-0.05, 0) is 33.3 Å². The minimum absolute atomic E-state index is 0.403. The van der Waals surface area contributed by atoms with E-state index in [2.05, 4.69) is 23.1 Å². The highest BCUT2D eigenvalue weighted by atomic mass is 16.3. The van der Waals surface area contributed by atoms with Crippen molar-refractivity contribution in [3.05, 3.63) is 29.7 Å². The van der Waals surface area contributed by atoms with E-state index in [0.717, 1.165) is 41.9 Å². The van der Waals surface area contributed by atoms with Crippen molar-refractivity contribution in [1.82, 2.24) is 14.5 Å². The van der Waals surface area contributed by atoms with Crippen LogP contribution in [0, 0.1) is 0 Å². The van der Waals surface area contributed by atoms with Gasteiger partial charge >= 0.3 is 0 Å². The van der Waals surface area contributed by atoms with Gasteiger partial charge in [0.2, 0.25) is 0 Å². The summed E-state index contributed by atoms with van der Waals surface area (Å²) >= 11 is 0. The van der Waals surface area contributed by atoms with E-state index in [0.29, 0.717) is 17.9 Å². The van der Waals surface area contributed by atoms with Crippen LogP contribution in [0.25, 0.3) is 23.2 Å². The third-order valence-corrected chi connectivity index (χ3v) is 3.89. The molecule has 2 heterocycles. The standard InChI is InChI=1S/C19H28N4O/c1-6-9-11-15-22-16-17(23(15)12-19(4,5)24)13(10-7-2)14(8-3)21-18(16)20/h7-8,10,24H,3,6,9,11-12H2,1-2,4-5H3,(H2,20,21)/b10-7-. The average Bonchev–Trinajstić information content (AvgIpc) is 2.85. The van der Waals surface area contributed by atoms with E-state index in [1.54, 1.807) is 19.9 Å². The fraction of sp³-hybridized carbons (Fsp3) is 0.474. The van der Waals surface area contributed by atoms with Crippen LogP contribution in [0.2, 0.25) is 0 Å². The van der Waals surface area contributed by atoms with Crippen LogP contribution in [0.1, 0.15) is 57.6 Å². The Morgan fingerprint density at radius 3 is 2.58 bits per heavy atom. The second-order valence-corrected chi connectivity index (χ2v) is 6.73. The number of nitrogens with zero attached hydrogens (tertiary/aromatic N) is 3. The molecule has 0 unspecified atom stereocenters. The molecule has 0 aromatic carbocycles. The van der Waals surface area contributed by atoms with Gasteiger partial charge in [-0.15, -0.1) is 0 Å². The first-order chi connectivity index (χ1) is 11.3. The quantitative estimate of drug-likeness (QED) is 0.810. The number of aryl methyl sites for hydroxylation is 1. The van der Waals surface area contributed by atoms with Crippen molar-refractivity contribution in [1.29, 1.82) is 0 Å². The van der Waals surface area contributed by atoms with Crippen molar-refractivity contribution in [2.75, 3.05) is 5.73 Å². The van der Waals surface area contributed by atoms with E-state index < -0.39 is 5.60 Å². The van der Waals surface area contributed by atoms with Gasteiger partial charge in [0.25, 0.3) is 0 Å². The third-order valence-electron chi connectivity index (χ3n) is 3.89. The summed E-state index contributed by atoms with van der Waals surface area (Å²) < 4.78 is 2.09. The fourth-order valence-corrected chi connectivity index (χ4v) is 2.88. The molecule has 0 aliphatic heterocycles. The van der Waals surface area contributed by atoms with E-state index in [-0.39, 0.29) is 0 Å². The van der Waals surface area contributed by atoms with Crippen LogP contribution in [0.15, 0.2) is 12.7 Å². The summed E-state index contributed by atoms with van der Waals surface area (Å²) in [5, 5.41) is 10.4. The number of hydrogen-bond acceptors (Lipinski definition) is 4. The molecular formula is C19H28N4O. The monoisotopic (exact) mass is 328 g/mol. The van der Waals surface area contributed by atoms with Crippen LogP contribution >= 0.6 is 0 Å². The van der Waals surface area contributed by atoms with Gasteiger partial charge < -0.3 is 15.4 Å². The van der Waals surface area contributed by atoms with Gasteiger partial charge in [0.1, 0.15) is 11.3 Å². The van der Waals surface area contributed by atoms with E-state index >= 15 is 0 Å². The molecule has 3 N–H and O–H groups in total. The lowest BCUT2D eigenvalue weighted by molar-refractivity contribution is 0.0618. The summed E-state index contributed by atoms with van der Waals surface area (Å²) in [5.74, 6) is 1.34. The molecule has 0 bridgehead atoms. The van der Waals surface area contributed by atoms with Crippen molar-refractivity contribution in [3.63, 3.8) is 0 Å². The van der Waals surface area contributed by atoms with E-state index in [1.165, 1.54) is 0 Å². The molecule has 2 rings (SSSR count). The van der Waals surface area contributed by atoms with Gasteiger partial charge in [0, 0.05) is 12.0 Å². The third kappa shape index (κ3) is 3.67. The first-order valence-electron chi connectivity index (χ1n) is 8.48. The number of aliphatic hydroxyl groups is 1. The second-order valence-electron chi connectivity index (χ2n) is 6.73. The molecule has 2 aromatic rings. The molecule has 5 heteroatoms. The Labute approximate surface area is 143 Å². The topological polar surface area (TPSA) is 77.0 Å². The first kappa shape index (κ1) is 18.2. The van der Waals surface area contributed by atoms with E-state index in [9.17, 15) is 5.11 Å². The number of rotatable bonds is 7. The smallest absolute Gasteiger partial charge is 0.152 e. The molecule has 5 nitrogen and oxygen atoms in total. The Hall–Kier alpha value is -2.14. The van der Waals surface area contributed by atoms with Crippen LogP contribution in [0.5, 0.6) is 0 Å². The lowest BCUT2D eigenvalue weighted by Crippen LogP contribution is -2.27. The maximum atomic E-state index is 10.4. The summed E-state index contributed by atoms with van der Waals surface area (Å²) in [6, 6.07) is 0. The van der Waals surface area contributed by atoms with Crippen molar-refractivity contribution in [2.24, 2.45) is 0 Å². The van der Waals surface area contributed by atoms with Crippen molar-refractivity contribution >= 4 is 29.0 Å². The predicted molar refractivity (Wildman–Crippen MR) is 102 cm³/mol. The zero-order valence-electron chi connectivity index (χ0n) is 15.1. The van der Waals surface area contributed by atoms with Gasteiger partial charge in [-0.25, -0.2) is 9.97 Å². The van der Waals surface area contributed by atoms with Crippen LogP contribution in [-0.2, 0) is 13.0 Å². The average molecular weight is 328 g/mol. The molecule has 0 atom stereocenters. The lowest BCUT2D eigenvalue weighted by atomic mass is 10.1. The van der Waals surface area contributed by atoms with Crippen molar-refractivity contribution in [2.45, 2.75) is 59.1 Å². The number of nitrogen functional groups attached to an aromatic ring is 1. The van der Waals surface area contributed by atoms with Gasteiger partial charge in [-0.1, -0.05) is 32.1 Å². The largest absolute Gasteiger partial charge is 0.389 e. The number of unbranched alkanes of at least 4 members (excludes halogenated alkanes) is 1. The molecule has 0 aliphatic rings. The summed E-state index contributed by atoms with van der Waals surface area (Å²) in [6.45, 7) is 12.0. The number of nitrogens with two attached hydrogens (primary N) is 1. The molecule has 0 aliphatic carbocycles. The second kappa shape index (κ2) is 7.18. The zero-order valence-corrected chi connectivity index (χ0v) is 15.1. The normalized spacial score (nSPS) is 12.4. The maximum absolute atomic E-state index is 10.4. The van der Waals surface area contributed by atoms with Gasteiger partial charge in [0.05, 0.1) is 23.4 Å². The summed E-state index contributed by atoms with van der Waals surface area (Å²) in [6.07, 6.45) is 8.64. The molecular weight excluding hydrogens is 300 g/mol. The number of aromatic nitrogens is 3. The molecule has 0 saturated carbocycles. The Balaban J connectivity index is 2.83. The number of anilines is 1. The Kier molecular flexibility index (Phi) is 5.44. The highest BCUT2D eigenvalue weighted by Gasteiger charge is 2.23. The Morgan fingerprint density at radius 2 is 2.04 bits per heavy atom. The molecule has 24 heavy (non-hydrogen) atoms. The summed E-state index contributed by atoms with van der Waals surface area (Å²) in [5.41, 5.74) is 8.59. The molecule has 0 fully saturated rings. The van der Waals surface area contributed by atoms with Crippen molar-refractivity contribution in [3.8, 4) is 0 Å². The molecule has 0 saturated heterocycles. The Bertz CT molecular complexity index is 766. The maximum Gasteiger partial charge on any atom is 0.152 e. The number of hydrogen-bond donors (Lipinski definition) is 2. The highest BCUT2D eigenvalue weighted by Crippen LogP contribution is 2.30. The van der Waals surface area contributed by atoms with E-state index in [1.807, 2.05) is 19.1 Å². The molecule has 130 valence electrons. The van der Waals surface area contributed by atoms with Crippen LogP contribution in [-0.4, -0.2) is 25.2 Å². The highest BCUT2D eigenvalue weighted by molar-refractivity contribution is 5.94. The summed E-state index contributed by atoms with van der Waals surface area (Å²) in [7, 11) is 0. The molecule has 0 radical (unpaired) electrons. The van der Waals surface area contributed by atoms with Crippen LogP contribution < -0.4 is 5.73 Å². The predicted octanol–water partition coefficient (Wildman–Crippen LogP) is 3.80. The minimum atomic E-state index is -0.853. The zero-order chi connectivity index (χ0) is 17.9. The SMILES string of the molecule is C=Cc1nc(N)c2nc(CCCC)n(CC(C)(C)O)c2c1/C=C\C.